The van der Waals surface area contributed by atoms with Crippen molar-refractivity contribution in [1.82, 2.24) is 20.1 Å². The van der Waals surface area contributed by atoms with Crippen LogP contribution in [0.5, 0.6) is 0 Å². The molecule has 132 valence electrons. The molecule has 8 heteroatoms. The zero-order valence-electron chi connectivity index (χ0n) is 14.5. The van der Waals surface area contributed by atoms with Gasteiger partial charge in [-0.25, -0.2) is 0 Å². The summed E-state index contributed by atoms with van der Waals surface area (Å²) in [5.74, 6) is 1.66. The number of amides is 1. The van der Waals surface area contributed by atoms with Crippen LogP contribution >= 0.6 is 0 Å². The molecule has 1 aliphatic heterocycles. The Kier molecular flexibility index (Phi) is 4.52. The molecule has 8 nitrogen and oxygen atoms in total. The predicted octanol–water partition coefficient (Wildman–Crippen LogP) is 2.36. The molecule has 1 amide bonds. The van der Waals surface area contributed by atoms with Gasteiger partial charge in [-0.1, -0.05) is 26.0 Å². The van der Waals surface area contributed by atoms with Gasteiger partial charge in [0.05, 0.1) is 4.92 Å². The minimum atomic E-state index is -0.516. The number of carbonyl (C=O) groups excluding carboxylic acids is 1. The van der Waals surface area contributed by atoms with Crippen LogP contribution in [0.1, 0.15) is 53.8 Å². The second kappa shape index (κ2) is 6.62. The Morgan fingerprint density at radius 3 is 2.84 bits per heavy atom. The van der Waals surface area contributed by atoms with Gasteiger partial charge in [0.15, 0.2) is 0 Å². The fourth-order valence-electron chi connectivity index (χ4n) is 3.25. The molecule has 0 fully saturated rings. The molecule has 0 saturated carbocycles. The average Bonchev–Trinajstić information content (AvgIpc) is 2.97. The topological polar surface area (TPSA) is 103 Å². The molecule has 0 unspecified atom stereocenters. The molecule has 2 aromatic rings. The van der Waals surface area contributed by atoms with E-state index in [9.17, 15) is 14.9 Å². The lowest BCUT2D eigenvalue weighted by Gasteiger charge is -2.26. The van der Waals surface area contributed by atoms with Crippen molar-refractivity contribution in [2.45, 2.75) is 52.1 Å². The number of benzene rings is 1. The second-order valence-corrected chi connectivity index (χ2v) is 6.67. The number of nitro groups is 1. The van der Waals surface area contributed by atoms with E-state index in [1.165, 1.54) is 6.07 Å². The maximum absolute atomic E-state index is 12.7. The summed E-state index contributed by atoms with van der Waals surface area (Å²) in [5, 5.41) is 22.6. The molecule has 1 aromatic carbocycles. The summed E-state index contributed by atoms with van der Waals surface area (Å²) < 4.78 is 2.05. The van der Waals surface area contributed by atoms with Crippen molar-refractivity contribution in [2.75, 3.05) is 0 Å². The Morgan fingerprint density at radius 2 is 2.16 bits per heavy atom. The highest BCUT2D eigenvalue weighted by Gasteiger charge is 2.28. The minimum absolute atomic E-state index is 0.104. The number of rotatable bonds is 4. The largest absolute Gasteiger partial charge is 0.347 e. The summed E-state index contributed by atoms with van der Waals surface area (Å²) in [6, 6.07) is 4.55. The number of fused-ring (bicyclic) bond motifs is 1. The quantitative estimate of drug-likeness (QED) is 0.678. The van der Waals surface area contributed by atoms with Gasteiger partial charge in [-0.3, -0.25) is 14.9 Å². The highest BCUT2D eigenvalue weighted by atomic mass is 16.6. The summed E-state index contributed by atoms with van der Waals surface area (Å²) in [6.45, 7) is 6.39. The van der Waals surface area contributed by atoms with E-state index in [4.69, 9.17) is 0 Å². The van der Waals surface area contributed by atoms with Crippen molar-refractivity contribution in [2.24, 2.45) is 0 Å². The Morgan fingerprint density at radius 1 is 1.40 bits per heavy atom. The number of hydrogen-bond donors (Lipinski definition) is 1. The van der Waals surface area contributed by atoms with Crippen LogP contribution in [0.2, 0.25) is 0 Å². The molecule has 3 rings (SSSR count). The molecule has 0 radical (unpaired) electrons. The summed E-state index contributed by atoms with van der Waals surface area (Å²) in [5.41, 5.74) is 0.558. The van der Waals surface area contributed by atoms with Crippen LogP contribution in [0, 0.1) is 17.0 Å². The average molecular weight is 343 g/mol. The molecule has 1 aromatic heterocycles. The number of hydrogen-bond acceptors (Lipinski definition) is 5. The number of nitrogens with one attached hydrogen (secondary N) is 1. The molecule has 1 atom stereocenters. The van der Waals surface area contributed by atoms with Crippen molar-refractivity contribution >= 4 is 11.6 Å². The van der Waals surface area contributed by atoms with E-state index in [0.29, 0.717) is 12.1 Å². The van der Waals surface area contributed by atoms with Crippen molar-refractivity contribution in [1.29, 1.82) is 0 Å². The van der Waals surface area contributed by atoms with E-state index in [-0.39, 0.29) is 23.2 Å². The fraction of sp³-hybridized carbons (Fsp3) is 0.471. The van der Waals surface area contributed by atoms with Gasteiger partial charge >= 0.3 is 0 Å². The smallest absolute Gasteiger partial charge is 0.282 e. The van der Waals surface area contributed by atoms with E-state index in [2.05, 4.69) is 29.4 Å². The first kappa shape index (κ1) is 17.1. The van der Waals surface area contributed by atoms with E-state index in [1.807, 2.05) is 4.57 Å². The third-order valence-electron chi connectivity index (χ3n) is 4.50. The third kappa shape index (κ3) is 3.24. The molecule has 25 heavy (non-hydrogen) atoms. The normalized spacial score (nSPS) is 16.6. The lowest BCUT2D eigenvalue weighted by Crippen LogP contribution is -2.41. The van der Waals surface area contributed by atoms with E-state index in [0.717, 1.165) is 24.5 Å². The number of aromatic nitrogens is 3. The third-order valence-corrected chi connectivity index (χ3v) is 4.50. The zero-order valence-corrected chi connectivity index (χ0v) is 14.5. The summed E-state index contributed by atoms with van der Waals surface area (Å²) in [7, 11) is 0. The van der Waals surface area contributed by atoms with Crippen molar-refractivity contribution in [3.8, 4) is 0 Å². The standard InChI is InChI=1S/C17H21N5O3/c1-10(2)16-20-19-14-8-7-12(9-21(14)16)18-17(23)15-11(3)5-4-6-13(15)22(24)25/h4-6,10,12H,7-9H2,1-3H3,(H,18,23)/t12-/m0/s1. The molecule has 1 aliphatic rings. The molecule has 0 aliphatic carbocycles. The van der Waals surface area contributed by atoms with Crippen LogP contribution in [0.3, 0.4) is 0 Å². The van der Waals surface area contributed by atoms with Gasteiger partial charge in [0.25, 0.3) is 11.6 Å². The highest BCUT2D eigenvalue weighted by Crippen LogP contribution is 2.24. The monoisotopic (exact) mass is 343 g/mol. The summed E-state index contributed by atoms with van der Waals surface area (Å²) in [4.78, 5) is 23.4. The number of aryl methyl sites for hydroxylation is 2. The molecule has 0 saturated heterocycles. The fourth-order valence-corrected chi connectivity index (χ4v) is 3.25. The molecule has 0 bridgehead atoms. The maximum atomic E-state index is 12.7. The van der Waals surface area contributed by atoms with Crippen LogP contribution in [0.4, 0.5) is 5.69 Å². The SMILES string of the molecule is Cc1cccc([N+](=O)[O-])c1C(=O)N[C@H]1CCc2nnc(C(C)C)n2C1. The van der Waals surface area contributed by atoms with Gasteiger partial charge in [0, 0.05) is 31.0 Å². The second-order valence-electron chi connectivity index (χ2n) is 6.67. The van der Waals surface area contributed by atoms with Gasteiger partial charge in [-0.2, -0.15) is 0 Å². The maximum Gasteiger partial charge on any atom is 0.282 e. The summed E-state index contributed by atoms with van der Waals surface area (Å²) >= 11 is 0. The molecule has 0 spiro atoms. The number of nitrogens with zero attached hydrogens (tertiary/aromatic N) is 4. The molecule has 2 heterocycles. The Labute approximate surface area is 145 Å². The zero-order chi connectivity index (χ0) is 18.1. The van der Waals surface area contributed by atoms with Crippen molar-refractivity contribution < 1.29 is 9.72 Å². The lowest BCUT2D eigenvalue weighted by molar-refractivity contribution is -0.385. The molecular formula is C17H21N5O3. The van der Waals surface area contributed by atoms with Crippen LogP contribution < -0.4 is 5.32 Å². The van der Waals surface area contributed by atoms with Gasteiger partial charge in [-0.15, -0.1) is 10.2 Å². The van der Waals surface area contributed by atoms with Crippen LogP contribution in [0.15, 0.2) is 18.2 Å². The lowest BCUT2D eigenvalue weighted by atomic mass is 10.0. The van der Waals surface area contributed by atoms with E-state index >= 15 is 0 Å². The first-order chi connectivity index (χ1) is 11.9. The molecular weight excluding hydrogens is 322 g/mol. The summed E-state index contributed by atoms with van der Waals surface area (Å²) in [6.07, 6.45) is 1.46. The van der Waals surface area contributed by atoms with Gasteiger partial charge in [0.1, 0.15) is 17.2 Å². The van der Waals surface area contributed by atoms with E-state index in [1.54, 1.807) is 19.1 Å². The first-order valence-electron chi connectivity index (χ1n) is 8.35. The molecule has 1 N–H and O–H groups in total. The minimum Gasteiger partial charge on any atom is -0.347 e. The Bertz CT molecular complexity index is 828. The first-order valence-corrected chi connectivity index (χ1v) is 8.35. The Hall–Kier alpha value is -2.77. The van der Waals surface area contributed by atoms with Crippen molar-refractivity contribution in [3.63, 3.8) is 0 Å². The van der Waals surface area contributed by atoms with Crippen LogP contribution in [0.25, 0.3) is 0 Å². The number of carbonyl (C=O) groups is 1. The van der Waals surface area contributed by atoms with Gasteiger partial charge < -0.3 is 9.88 Å². The number of nitro benzene ring substituents is 1. The Balaban J connectivity index is 1.81. The van der Waals surface area contributed by atoms with Crippen LogP contribution in [-0.4, -0.2) is 31.6 Å². The predicted molar refractivity (Wildman–Crippen MR) is 91.5 cm³/mol. The van der Waals surface area contributed by atoms with E-state index < -0.39 is 10.8 Å². The van der Waals surface area contributed by atoms with Crippen molar-refractivity contribution in [3.05, 3.63) is 51.1 Å². The highest BCUT2D eigenvalue weighted by molar-refractivity contribution is 5.99. The van der Waals surface area contributed by atoms with Gasteiger partial charge in [-0.05, 0) is 18.9 Å². The van der Waals surface area contributed by atoms with Gasteiger partial charge in [0.2, 0.25) is 0 Å². The van der Waals surface area contributed by atoms with Crippen LogP contribution in [-0.2, 0) is 13.0 Å².